The predicted molar refractivity (Wildman–Crippen MR) is 92.7 cm³/mol. The fourth-order valence-electron chi connectivity index (χ4n) is 2.44. The molecule has 0 aliphatic carbocycles. The van der Waals surface area contributed by atoms with Crippen molar-refractivity contribution in [1.82, 2.24) is 4.90 Å². The minimum Gasteiger partial charge on any atom is -0.496 e. The van der Waals surface area contributed by atoms with Crippen molar-refractivity contribution in [2.24, 2.45) is 0 Å². The lowest BCUT2D eigenvalue weighted by Gasteiger charge is -2.24. The lowest BCUT2D eigenvalue weighted by Crippen LogP contribution is -2.28. The molecule has 3 heteroatoms. The van der Waals surface area contributed by atoms with Gasteiger partial charge in [0.1, 0.15) is 5.75 Å². The molecule has 0 amide bonds. The molecule has 1 unspecified atom stereocenters. The van der Waals surface area contributed by atoms with E-state index >= 15 is 0 Å². The first kappa shape index (κ1) is 18.3. The molecule has 0 aromatic heterocycles. The number of hydrogen-bond acceptors (Lipinski definition) is 2. The van der Waals surface area contributed by atoms with Crippen molar-refractivity contribution in [3.8, 4) is 5.75 Å². The summed E-state index contributed by atoms with van der Waals surface area (Å²) in [6.45, 7) is 11.8. The van der Waals surface area contributed by atoms with Crippen molar-refractivity contribution in [1.29, 1.82) is 0 Å². The van der Waals surface area contributed by atoms with Crippen LogP contribution in [0.25, 0.3) is 0 Å². The molecule has 120 valence electrons. The van der Waals surface area contributed by atoms with Crippen LogP contribution in [0.5, 0.6) is 5.75 Å². The molecule has 0 aliphatic heterocycles. The Hall–Kier alpha value is -0.730. The first-order valence-corrected chi connectivity index (χ1v) is 8.51. The molecule has 0 spiro atoms. The molecular weight excluding hydrogens is 282 g/mol. The molecule has 21 heavy (non-hydrogen) atoms. The number of alkyl halides is 1. The minimum atomic E-state index is -0.0320. The zero-order valence-electron chi connectivity index (χ0n) is 14.2. The van der Waals surface area contributed by atoms with Crippen molar-refractivity contribution in [2.75, 3.05) is 26.7 Å². The molecule has 0 N–H and O–H groups in total. The third kappa shape index (κ3) is 5.52. The van der Waals surface area contributed by atoms with Crippen LogP contribution in [0.3, 0.4) is 0 Å². The van der Waals surface area contributed by atoms with Gasteiger partial charge < -0.3 is 9.64 Å². The van der Waals surface area contributed by atoms with Crippen LogP contribution in [0.1, 0.15) is 63.0 Å². The number of nitrogens with zero attached hydrogens (tertiary/aromatic N) is 1. The van der Waals surface area contributed by atoms with Crippen LogP contribution in [0.15, 0.2) is 18.2 Å². The van der Waals surface area contributed by atoms with Crippen LogP contribution < -0.4 is 4.74 Å². The second-order valence-corrected chi connectivity index (χ2v) is 6.40. The standard InChI is InChI=1S/C18H30ClNO/c1-6-8-11-20(7-2)13-17(19)16-12-15(14(3)4)9-10-18(16)21-5/h9-10,12,14,17H,6-8,11,13H2,1-5H3. The monoisotopic (exact) mass is 311 g/mol. The van der Waals surface area contributed by atoms with Gasteiger partial charge >= 0.3 is 0 Å². The molecule has 1 aromatic carbocycles. The summed E-state index contributed by atoms with van der Waals surface area (Å²) in [4.78, 5) is 2.42. The molecule has 0 saturated carbocycles. The van der Waals surface area contributed by atoms with Crippen LogP contribution in [-0.2, 0) is 0 Å². The van der Waals surface area contributed by atoms with Crippen LogP contribution in [0, 0.1) is 0 Å². The Morgan fingerprint density at radius 3 is 2.48 bits per heavy atom. The van der Waals surface area contributed by atoms with Crippen molar-refractivity contribution in [3.05, 3.63) is 29.3 Å². The van der Waals surface area contributed by atoms with E-state index in [1.807, 2.05) is 6.07 Å². The van der Waals surface area contributed by atoms with E-state index in [-0.39, 0.29) is 5.38 Å². The average molecular weight is 312 g/mol. The van der Waals surface area contributed by atoms with E-state index in [1.54, 1.807) is 7.11 Å². The maximum Gasteiger partial charge on any atom is 0.123 e. The number of rotatable bonds is 9. The lowest BCUT2D eigenvalue weighted by atomic mass is 9.98. The fourth-order valence-corrected chi connectivity index (χ4v) is 2.81. The third-order valence-corrected chi connectivity index (χ3v) is 4.32. The smallest absolute Gasteiger partial charge is 0.123 e. The normalized spacial score (nSPS) is 13.0. The van der Waals surface area contributed by atoms with E-state index < -0.39 is 0 Å². The van der Waals surface area contributed by atoms with E-state index in [1.165, 1.54) is 18.4 Å². The Labute approximate surface area is 135 Å². The SMILES string of the molecule is CCCCN(CC)CC(Cl)c1cc(C(C)C)ccc1OC. The zero-order chi connectivity index (χ0) is 15.8. The van der Waals surface area contributed by atoms with E-state index in [9.17, 15) is 0 Å². The van der Waals surface area contributed by atoms with Gasteiger partial charge in [-0.15, -0.1) is 11.6 Å². The maximum absolute atomic E-state index is 6.70. The minimum absolute atomic E-state index is 0.0320. The molecule has 0 saturated heterocycles. The second-order valence-electron chi connectivity index (χ2n) is 5.87. The van der Waals surface area contributed by atoms with Gasteiger partial charge in [0.15, 0.2) is 0 Å². The molecular formula is C18H30ClNO. The van der Waals surface area contributed by atoms with Gasteiger partial charge in [-0.1, -0.05) is 46.2 Å². The van der Waals surface area contributed by atoms with E-state index in [0.717, 1.165) is 30.9 Å². The Morgan fingerprint density at radius 1 is 1.24 bits per heavy atom. The van der Waals surface area contributed by atoms with Gasteiger partial charge in [0.25, 0.3) is 0 Å². The third-order valence-electron chi connectivity index (χ3n) is 3.95. The largest absolute Gasteiger partial charge is 0.496 e. The van der Waals surface area contributed by atoms with Gasteiger partial charge in [-0.05, 0) is 37.1 Å². The molecule has 2 nitrogen and oxygen atoms in total. The maximum atomic E-state index is 6.70. The van der Waals surface area contributed by atoms with E-state index in [2.05, 4.69) is 44.7 Å². The summed E-state index contributed by atoms with van der Waals surface area (Å²) in [7, 11) is 1.71. The van der Waals surface area contributed by atoms with Crippen LogP contribution >= 0.6 is 11.6 Å². The Morgan fingerprint density at radius 2 is 1.95 bits per heavy atom. The number of benzene rings is 1. The van der Waals surface area contributed by atoms with E-state index in [0.29, 0.717) is 5.92 Å². The summed E-state index contributed by atoms with van der Waals surface area (Å²) in [6.07, 6.45) is 2.44. The molecule has 0 fully saturated rings. The molecule has 0 bridgehead atoms. The summed E-state index contributed by atoms with van der Waals surface area (Å²) >= 11 is 6.70. The quantitative estimate of drug-likeness (QED) is 0.580. The highest BCUT2D eigenvalue weighted by Gasteiger charge is 2.18. The fraction of sp³-hybridized carbons (Fsp3) is 0.667. The Bertz CT molecular complexity index is 420. The Balaban J connectivity index is 2.88. The van der Waals surface area contributed by atoms with Crippen LogP contribution in [-0.4, -0.2) is 31.6 Å². The number of hydrogen-bond donors (Lipinski definition) is 0. The molecule has 1 rings (SSSR count). The van der Waals surface area contributed by atoms with Gasteiger partial charge in [0, 0.05) is 12.1 Å². The zero-order valence-corrected chi connectivity index (χ0v) is 14.9. The first-order valence-electron chi connectivity index (χ1n) is 8.07. The van der Waals surface area contributed by atoms with E-state index in [4.69, 9.17) is 16.3 Å². The molecule has 0 heterocycles. The van der Waals surface area contributed by atoms with Crippen LogP contribution in [0.2, 0.25) is 0 Å². The molecule has 1 atom stereocenters. The number of ether oxygens (including phenoxy) is 1. The summed E-state index contributed by atoms with van der Waals surface area (Å²) in [5, 5.41) is -0.0320. The van der Waals surface area contributed by atoms with Crippen molar-refractivity contribution in [3.63, 3.8) is 0 Å². The van der Waals surface area contributed by atoms with Gasteiger partial charge in [-0.2, -0.15) is 0 Å². The average Bonchev–Trinajstić information content (AvgIpc) is 2.50. The van der Waals surface area contributed by atoms with Gasteiger partial charge in [-0.25, -0.2) is 0 Å². The summed E-state index contributed by atoms with van der Waals surface area (Å²) in [5.41, 5.74) is 2.42. The van der Waals surface area contributed by atoms with Crippen molar-refractivity contribution >= 4 is 11.6 Å². The summed E-state index contributed by atoms with van der Waals surface area (Å²) in [5.74, 6) is 1.40. The van der Waals surface area contributed by atoms with Crippen LogP contribution in [0.4, 0.5) is 0 Å². The number of likely N-dealkylation sites (N-methyl/N-ethyl adjacent to an activating group) is 1. The predicted octanol–water partition coefficient (Wildman–Crippen LogP) is 5.22. The lowest BCUT2D eigenvalue weighted by molar-refractivity contribution is 0.282. The second kappa shape index (κ2) is 9.32. The number of methoxy groups -OCH3 is 1. The summed E-state index contributed by atoms with van der Waals surface area (Å²) < 4.78 is 5.49. The number of unbranched alkanes of at least 4 members (excludes halogenated alkanes) is 1. The summed E-state index contributed by atoms with van der Waals surface area (Å²) in [6, 6.07) is 6.38. The van der Waals surface area contributed by atoms with Gasteiger partial charge in [0.05, 0.1) is 12.5 Å². The molecule has 1 aromatic rings. The first-order chi connectivity index (χ1) is 10.0. The topological polar surface area (TPSA) is 12.5 Å². The van der Waals surface area contributed by atoms with Crippen molar-refractivity contribution < 1.29 is 4.74 Å². The molecule has 0 radical (unpaired) electrons. The van der Waals surface area contributed by atoms with Crippen molar-refractivity contribution in [2.45, 2.75) is 51.8 Å². The highest BCUT2D eigenvalue weighted by atomic mass is 35.5. The highest BCUT2D eigenvalue weighted by Crippen LogP contribution is 2.33. The van der Waals surface area contributed by atoms with Gasteiger partial charge in [-0.3, -0.25) is 0 Å². The van der Waals surface area contributed by atoms with Gasteiger partial charge in [0.2, 0.25) is 0 Å². The molecule has 0 aliphatic rings. The highest BCUT2D eigenvalue weighted by molar-refractivity contribution is 6.21. The Kier molecular flexibility index (Phi) is 8.13. The number of halogens is 1.